The topological polar surface area (TPSA) is 89.5 Å². The van der Waals surface area contributed by atoms with E-state index in [1.165, 1.54) is 32.4 Å². The summed E-state index contributed by atoms with van der Waals surface area (Å²) in [5.41, 5.74) is 0. The first-order valence-corrected chi connectivity index (χ1v) is 9.39. The second-order valence-electron chi connectivity index (χ2n) is 6.26. The lowest BCUT2D eigenvalue weighted by Gasteiger charge is -2.26. The van der Waals surface area contributed by atoms with Crippen LogP contribution in [0.5, 0.6) is 0 Å². The maximum atomic E-state index is 11.6. The number of amides is 2. The zero-order valence-electron chi connectivity index (χ0n) is 15.2. The normalized spacial score (nSPS) is 15.0. The molecule has 0 atom stereocenters. The Morgan fingerprint density at radius 2 is 1.79 bits per heavy atom. The van der Waals surface area contributed by atoms with E-state index in [0.29, 0.717) is 13.1 Å². The van der Waals surface area contributed by atoms with E-state index in [-0.39, 0.29) is 12.0 Å². The molecule has 1 aliphatic rings. The van der Waals surface area contributed by atoms with Crippen LogP contribution in [-0.2, 0) is 4.74 Å². The highest BCUT2D eigenvalue weighted by molar-refractivity contribution is 5.94. The lowest BCUT2D eigenvalue weighted by molar-refractivity contribution is 0.131. The minimum absolute atomic E-state index is 0.0671. The van der Waals surface area contributed by atoms with E-state index >= 15 is 0 Å². The molecular weight excluding hydrogens is 306 g/mol. The van der Waals surface area contributed by atoms with Gasteiger partial charge in [0.15, 0.2) is 5.96 Å². The highest BCUT2D eigenvalue weighted by Gasteiger charge is 2.09. The molecule has 0 bridgehead atoms. The molecule has 1 heterocycles. The standard InChI is InChI=1S/C17H35N5O2/c1-2-14-24-15-7-4-9-20-17(23)21-16(18)19-10-8-13-22-11-5-3-6-12-22/h2-15H2,1H3,(H4,18,19,20,21,23). The van der Waals surface area contributed by atoms with Crippen LogP contribution < -0.4 is 16.0 Å². The summed E-state index contributed by atoms with van der Waals surface area (Å²) < 4.78 is 5.38. The zero-order chi connectivity index (χ0) is 17.5. The summed E-state index contributed by atoms with van der Waals surface area (Å²) in [6, 6.07) is -0.321. The molecule has 24 heavy (non-hydrogen) atoms. The van der Waals surface area contributed by atoms with E-state index in [1.807, 2.05) is 0 Å². The Morgan fingerprint density at radius 3 is 2.54 bits per heavy atom. The third kappa shape index (κ3) is 11.2. The van der Waals surface area contributed by atoms with Crippen molar-refractivity contribution in [2.45, 2.75) is 51.9 Å². The van der Waals surface area contributed by atoms with Gasteiger partial charge in [-0.05, 0) is 58.2 Å². The van der Waals surface area contributed by atoms with Gasteiger partial charge in [0.2, 0.25) is 0 Å². The first-order valence-electron chi connectivity index (χ1n) is 9.39. The number of nitrogens with zero attached hydrogens (tertiary/aromatic N) is 1. The molecule has 0 unspecified atom stereocenters. The van der Waals surface area contributed by atoms with E-state index < -0.39 is 0 Å². The number of ether oxygens (including phenoxy) is 1. The number of urea groups is 1. The fourth-order valence-corrected chi connectivity index (χ4v) is 2.68. The van der Waals surface area contributed by atoms with Crippen LogP contribution >= 0.6 is 0 Å². The third-order valence-corrected chi connectivity index (χ3v) is 3.99. The van der Waals surface area contributed by atoms with Gasteiger partial charge >= 0.3 is 6.03 Å². The number of hydrogen-bond acceptors (Lipinski definition) is 4. The van der Waals surface area contributed by atoms with Crippen molar-refractivity contribution in [2.24, 2.45) is 0 Å². The van der Waals surface area contributed by atoms with Crippen LogP contribution in [0.4, 0.5) is 4.79 Å². The van der Waals surface area contributed by atoms with Crippen molar-refractivity contribution in [3.05, 3.63) is 0 Å². The molecule has 0 radical (unpaired) electrons. The van der Waals surface area contributed by atoms with Crippen molar-refractivity contribution in [2.75, 3.05) is 45.9 Å². The van der Waals surface area contributed by atoms with Crippen molar-refractivity contribution >= 4 is 12.0 Å². The van der Waals surface area contributed by atoms with Gasteiger partial charge in [-0.15, -0.1) is 0 Å². The molecule has 2 amide bonds. The van der Waals surface area contributed by atoms with Crippen LogP contribution in [0.15, 0.2) is 0 Å². The van der Waals surface area contributed by atoms with E-state index in [0.717, 1.165) is 45.4 Å². The van der Waals surface area contributed by atoms with E-state index in [9.17, 15) is 4.79 Å². The van der Waals surface area contributed by atoms with Crippen LogP contribution in [0.25, 0.3) is 0 Å². The van der Waals surface area contributed by atoms with Gasteiger partial charge in [0.05, 0.1) is 0 Å². The summed E-state index contributed by atoms with van der Waals surface area (Å²) in [6.07, 6.45) is 7.80. The van der Waals surface area contributed by atoms with Crippen molar-refractivity contribution in [1.82, 2.24) is 20.9 Å². The number of guanidine groups is 1. The molecule has 0 aromatic heterocycles. The molecule has 1 rings (SSSR count). The molecule has 140 valence electrons. The van der Waals surface area contributed by atoms with Gasteiger partial charge in [-0.3, -0.25) is 10.7 Å². The molecule has 0 aliphatic carbocycles. The molecule has 0 aromatic rings. The molecule has 1 fully saturated rings. The van der Waals surface area contributed by atoms with Gasteiger partial charge < -0.3 is 20.3 Å². The number of rotatable bonds is 11. The summed E-state index contributed by atoms with van der Waals surface area (Å²) in [5.74, 6) is 0.0671. The first kappa shape index (κ1) is 20.7. The smallest absolute Gasteiger partial charge is 0.321 e. The fraction of sp³-hybridized carbons (Fsp3) is 0.882. The zero-order valence-corrected chi connectivity index (χ0v) is 15.2. The summed E-state index contributed by atoms with van der Waals surface area (Å²) in [5, 5.41) is 15.9. The predicted octanol–water partition coefficient (Wildman–Crippen LogP) is 1.89. The van der Waals surface area contributed by atoms with Gasteiger partial charge in [0.1, 0.15) is 0 Å². The summed E-state index contributed by atoms with van der Waals surface area (Å²) in [4.78, 5) is 14.1. The second-order valence-corrected chi connectivity index (χ2v) is 6.26. The van der Waals surface area contributed by atoms with Gasteiger partial charge in [0.25, 0.3) is 0 Å². The van der Waals surface area contributed by atoms with E-state index in [4.69, 9.17) is 10.1 Å². The van der Waals surface area contributed by atoms with Gasteiger partial charge in [-0.25, -0.2) is 4.79 Å². The van der Waals surface area contributed by atoms with Crippen LogP contribution in [0, 0.1) is 5.41 Å². The summed E-state index contributed by atoms with van der Waals surface area (Å²) >= 11 is 0. The van der Waals surface area contributed by atoms with Gasteiger partial charge in [-0.1, -0.05) is 13.3 Å². The predicted molar refractivity (Wildman–Crippen MR) is 97.5 cm³/mol. The Kier molecular flexibility index (Phi) is 12.1. The van der Waals surface area contributed by atoms with E-state index in [1.54, 1.807) is 0 Å². The van der Waals surface area contributed by atoms with Crippen LogP contribution in [-0.4, -0.2) is 62.8 Å². The Hall–Kier alpha value is -1.34. The Balaban J connectivity index is 1.91. The Labute approximate surface area is 146 Å². The number of likely N-dealkylation sites (tertiary alicyclic amines) is 1. The number of nitrogens with one attached hydrogen (secondary N) is 4. The van der Waals surface area contributed by atoms with Crippen molar-refractivity contribution in [1.29, 1.82) is 5.41 Å². The lowest BCUT2D eigenvalue weighted by atomic mass is 10.1. The molecule has 1 saturated heterocycles. The Morgan fingerprint density at radius 1 is 1.04 bits per heavy atom. The summed E-state index contributed by atoms with van der Waals surface area (Å²) in [6.45, 7) is 8.40. The fourth-order valence-electron chi connectivity index (χ4n) is 2.68. The maximum Gasteiger partial charge on any atom is 0.321 e. The first-order chi connectivity index (χ1) is 11.7. The molecule has 4 N–H and O–H groups in total. The van der Waals surface area contributed by atoms with Crippen LogP contribution in [0.1, 0.15) is 51.9 Å². The minimum atomic E-state index is -0.321. The van der Waals surface area contributed by atoms with Crippen molar-refractivity contribution in [3.63, 3.8) is 0 Å². The third-order valence-electron chi connectivity index (χ3n) is 3.99. The van der Waals surface area contributed by atoms with E-state index in [2.05, 4.69) is 27.8 Å². The average Bonchev–Trinajstić information content (AvgIpc) is 2.59. The number of piperidine rings is 1. The molecule has 7 heteroatoms. The van der Waals surface area contributed by atoms with Crippen LogP contribution in [0.3, 0.4) is 0 Å². The number of carbonyl (C=O) groups is 1. The average molecular weight is 342 g/mol. The molecular formula is C17H35N5O2. The SMILES string of the molecule is CCCOCCCCNC(=O)NC(=N)NCCCN1CCCCC1. The molecule has 0 spiro atoms. The minimum Gasteiger partial charge on any atom is -0.381 e. The second kappa shape index (κ2) is 14.0. The van der Waals surface area contributed by atoms with Gasteiger partial charge in [-0.2, -0.15) is 0 Å². The Bertz CT molecular complexity index is 346. The van der Waals surface area contributed by atoms with Crippen molar-refractivity contribution < 1.29 is 9.53 Å². The van der Waals surface area contributed by atoms with Crippen molar-refractivity contribution in [3.8, 4) is 0 Å². The highest BCUT2D eigenvalue weighted by Crippen LogP contribution is 2.08. The number of carbonyl (C=O) groups excluding carboxylic acids is 1. The quantitative estimate of drug-likeness (QED) is 0.262. The van der Waals surface area contributed by atoms with Crippen LogP contribution in [0.2, 0.25) is 0 Å². The largest absolute Gasteiger partial charge is 0.381 e. The molecule has 1 aliphatic heterocycles. The molecule has 0 saturated carbocycles. The lowest BCUT2D eigenvalue weighted by Crippen LogP contribution is -2.46. The van der Waals surface area contributed by atoms with Gasteiger partial charge in [0, 0.05) is 26.3 Å². The highest BCUT2D eigenvalue weighted by atomic mass is 16.5. The summed E-state index contributed by atoms with van der Waals surface area (Å²) in [7, 11) is 0. The molecule has 7 nitrogen and oxygen atoms in total. The maximum absolute atomic E-state index is 11.6. The number of hydrogen-bond donors (Lipinski definition) is 4. The molecule has 0 aromatic carbocycles. The number of unbranched alkanes of at least 4 members (excludes halogenated alkanes) is 1. The monoisotopic (exact) mass is 341 g/mol.